The minimum Gasteiger partial charge on any atom is -0.365 e. The molecule has 0 saturated carbocycles. The second-order valence-electron chi connectivity index (χ2n) is 6.15. The van der Waals surface area contributed by atoms with Gasteiger partial charge in [-0.25, -0.2) is 4.98 Å². The maximum Gasteiger partial charge on any atom is 0.256 e. The number of pyridine rings is 1. The first kappa shape index (κ1) is 16.3. The molecule has 0 saturated heterocycles. The van der Waals surface area contributed by atoms with Crippen LogP contribution in [0.25, 0.3) is 0 Å². The lowest BCUT2D eigenvalue weighted by Crippen LogP contribution is -2.42. The van der Waals surface area contributed by atoms with Crippen molar-refractivity contribution in [2.75, 3.05) is 5.32 Å². The Morgan fingerprint density at radius 2 is 1.95 bits per heavy atom. The molecular weight excluding hydrogens is 274 g/mol. The Kier molecular flexibility index (Phi) is 4.67. The topological polar surface area (TPSA) is 54.0 Å². The van der Waals surface area contributed by atoms with Crippen LogP contribution in [0.2, 0.25) is 5.02 Å². The fraction of sp³-hybridized carbons (Fsp3) is 0.467. The van der Waals surface area contributed by atoms with Crippen LogP contribution in [0.1, 0.15) is 45.0 Å². The molecule has 5 heteroatoms. The van der Waals surface area contributed by atoms with Crippen molar-refractivity contribution in [1.82, 2.24) is 10.3 Å². The maximum atomic E-state index is 12.3. The zero-order valence-electron chi connectivity index (χ0n) is 12.5. The van der Waals surface area contributed by atoms with E-state index in [1.807, 2.05) is 20.8 Å². The summed E-state index contributed by atoms with van der Waals surface area (Å²) >= 11 is 5.93. The summed E-state index contributed by atoms with van der Waals surface area (Å²) in [5.74, 6) is 2.69. The van der Waals surface area contributed by atoms with E-state index in [9.17, 15) is 4.79 Å². The second-order valence-corrected chi connectivity index (χ2v) is 6.58. The van der Waals surface area contributed by atoms with Crippen LogP contribution in [0.3, 0.4) is 0 Å². The third-order valence-electron chi connectivity index (χ3n) is 2.38. The average molecular weight is 294 g/mol. The molecule has 20 heavy (non-hydrogen) atoms. The Morgan fingerprint density at radius 3 is 2.45 bits per heavy atom. The number of terminal acetylenes is 1. The van der Waals surface area contributed by atoms with Crippen molar-refractivity contribution in [3.05, 3.63) is 22.8 Å². The summed E-state index contributed by atoms with van der Waals surface area (Å²) in [5.41, 5.74) is -0.591. The summed E-state index contributed by atoms with van der Waals surface area (Å²) < 4.78 is 0. The number of rotatable bonds is 3. The van der Waals surface area contributed by atoms with E-state index in [1.54, 1.807) is 19.9 Å². The number of halogens is 1. The van der Waals surface area contributed by atoms with Crippen molar-refractivity contribution < 1.29 is 4.79 Å². The first-order chi connectivity index (χ1) is 9.04. The van der Waals surface area contributed by atoms with Crippen LogP contribution >= 0.6 is 11.6 Å². The Bertz CT molecular complexity index is 553. The monoisotopic (exact) mass is 293 g/mol. The molecule has 0 aliphatic heterocycles. The van der Waals surface area contributed by atoms with Gasteiger partial charge in [0.2, 0.25) is 0 Å². The quantitative estimate of drug-likeness (QED) is 0.842. The zero-order valence-corrected chi connectivity index (χ0v) is 13.2. The molecule has 4 nitrogen and oxygen atoms in total. The van der Waals surface area contributed by atoms with E-state index in [-0.39, 0.29) is 11.4 Å². The number of hydrogen-bond donors (Lipinski definition) is 2. The molecule has 2 N–H and O–H groups in total. The van der Waals surface area contributed by atoms with Gasteiger partial charge in [0.1, 0.15) is 5.82 Å². The largest absolute Gasteiger partial charge is 0.365 e. The highest BCUT2D eigenvalue weighted by molar-refractivity contribution is 6.31. The van der Waals surface area contributed by atoms with Gasteiger partial charge in [0, 0.05) is 11.7 Å². The number of aromatic nitrogens is 1. The maximum absolute atomic E-state index is 12.3. The first-order valence-electron chi connectivity index (χ1n) is 6.28. The van der Waals surface area contributed by atoms with Gasteiger partial charge in [0.25, 0.3) is 5.91 Å². The number of hydrogen-bond acceptors (Lipinski definition) is 3. The molecule has 0 aliphatic carbocycles. The van der Waals surface area contributed by atoms with E-state index >= 15 is 0 Å². The highest BCUT2D eigenvalue weighted by Gasteiger charge is 2.23. The number of carbonyl (C=O) groups excluding carboxylic acids is 1. The number of anilines is 1. The van der Waals surface area contributed by atoms with Crippen LogP contribution in [0.4, 0.5) is 5.82 Å². The van der Waals surface area contributed by atoms with Crippen molar-refractivity contribution in [3.63, 3.8) is 0 Å². The highest BCUT2D eigenvalue weighted by Crippen LogP contribution is 2.21. The van der Waals surface area contributed by atoms with Gasteiger partial charge in [-0.05, 0) is 40.7 Å². The van der Waals surface area contributed by atoms with Gasteiger partial charge in [0.15, 0.2) is 0 Å². The lowest BCUT2D eigenvalue weighted by Gasteiger charge is -2.24. The molecule has 0 aliphatic rings. The van der Waals surface area contributed by atoms with E-state index in [1.165, 1.54) is 6.20 Å². The van der Waals surface area contributed by atoms with Gasteiger partial charge in [-0.15, -0.1) is 6.42 Å². The van der Waals surface area contributed by atoms with Gasteiger partial charge >= 0.3 is 0 Å². The summed E-state index contributed by atoms with van der Waals surface area (Å²) in [7, 11) is 0. The molecular formula is C15H20ClN3O. The fourth-order valence-corrected chi connectivity index (χ4v) is 1.61. The van der Waals surface area contributed by atoms with Crippen molar-refractivity contribution in [1.29, 1.82) is 0 Å². The molecule has 0 bridgehead atoms. The van der Waals surface area contributed by atoms with Gasteiger partial charge < -0.3 is 10.6 Å². The van der Waals surface area contributed by atoms with E-state index in [4.69, 9.17) is 18.0 Å². The van der Waals surface area contributed by atoms with Crippen LogP contribution in [0.5, 0.6) is 0 Å². The van der Waals surface area contributed by atoms with Gasteiger partial charge in [-0.2, -0.15) is 0 Å². The number of nitrogens with zero attached hydrogens (tertiary/aromatic N) is 1. The van der Waals surface area contributed by atoms with Crippen LogP contribution in [0.15, 0.2) is 12.3 Å². The van der Waals surface area contributed by atoms with Crippen molar-refractivity contribution >= 4 is 23.3 Å². The SMILES string of the molecule is C#CC(C)(C)NC(=O)c1cc(Cl)cnc1NC(C)(C)C. The minimum atomic E-state index is -0.738. The summed E-state index contributed by atoms with van der Waals surface area (Å²) in [6.07, 6.45) is 6.88. The molecule has 1 aromatic rings. The van der Waals surface area contributed by atoms with Crippen LogP contribution < -0.4 is 10.6 Å². The minimum absolute atomic E-state index is 0.225. The lowest BCUT2D eigenvalue weighted by molar-refractivity contribution is 0.0930. The molecule has 0 fully saturated rings. The third kappa shape index (κ3) is 4.75. The predicted molar refractivity (Wildman–Crippen MR) is 83.0 cm³/mol. The Balaban J connectivity index is 3.13. The Morgan fingerprint density at radius 1 is 1.35 bits per heavy atom. The first-order valence-corrected chi connectivity index (χ1v) is 6.66. The van der Waals surface area contributed by atoms with E-state index in [0.29, 0.717) is 16.4 Å². The Hall–Kier alpha value is -1.73. The zero-order chi connectivity index (χ0) is 15.6. The average Bonchev–Trinajstić information content (AvgIpc) is 2.29. The van der Waals surface area contributed by atoms with Crippen molar-refractivity contribution in [2.24, 2.45) is 0 Å². The second kappa shape index (κ2) is 5.72. The summed E-state index contributed by atoms with van der Waals surface area (Å²) in [6, 6.07) is 1.57. The fourth-order valence-electron chi connectivity index (χ4n) is 1.45. The number of carbonyl (C=O) groups is 1. The van der Waals surface area contributed by atoms with Gasteiger partial charge in [-0.1, -0.05) is 17.5 Å². The normalized spacial score (nSPS) is 11.7. The molecule has 0 aromatic carbocycles. The van der Waals surface area contributed by atoms with Crippen molar-refractivity contribution in [3.8, 4) is 12.3 Å². The summed E-state index contributed by atoms with van der Waals surface area (Å²) in [6.45, 7) is 9.45. The summed E-state index contributed by atoms with van der Waals surface area (Å²) in [5, 5.41) is 6.34. The molecule has 1 rings (SSSR count). The lowest BCUT2D eigenvalue weighted by atomic mass is 10.1. The molecule has 108 valence electrons. The number of nitrogens with one attached hydrogen (secondary N) is 2. The molecule has 1 heterocycles. The van der Waals surface area contributed by atoms with E-state index in [0.717, 1.165) is 0 Å². The molecule has 0 unspecified atom stereocenters. The smallest absolute Gasteiger partial charge is 0.256 e. The molecule has 1 aromatic heterocycles. The van der Waals surface area contributed by atoms with E-state index in [2.05, 4.69) is 21.5 Å². The van der Waals surface area contributed by atoms with Crippen molar-refractivity contribution in [2.45, 2.75) is 45.7 Å². The predicted octanol–water partition coefficient (Wildman–Crippen LogP) is 3.09. The molecule has 0 spiro atoms. The van der Waals surface area contributed by atoms with Gasteiger partial charge in [0.05, 0.1) is 16.1 Å². The van der Waals surface area contributed by atoms with Gasteiger partial charge in [-0.3, -0.25) is 4.79 Å². The summed E-state index contributed by atoms with van der Waals surface area (Å²) in [4.78, 5) is 16.5. The highest BCUT2D eigenvalue weighted by atomic mass is 35.5. The van der Waals surface area contributed by atoms with Crippen LogP contribution in [0, 0.1) is 12.3 Å². The molecule has 1 amide bonds. The molecule has 0 atom stereocenters. The third-order valence-corrected chi connectivity index (χ3v) is 2.59. The molecule has 0 radical (unpaired) electrons. The van der Waals surface area contributed by atoms with Crippen LogP contribution in [-0.2, 0) is 0 Å². The number of amides is 1. The Labute approximate surface area is 125 Å². The van der Waals surface area contributed by atoms with E-state index < -0.39 is 5.54 Å². The van der Waals surface area contributed by atoms with Crippen LogP contribution in [-0.4, -0.2) is 22.0 Å². The standard InChI is InChI=1S/C15H20ClN3O/c1-7-15(5,6)19-13(20)11-8-10(16)9-17-12(11)18-14(2,3)4/h1,8-9H,2-6H3,(H,17,18)(H,19,20).